The summed E-state index contributed by atoms with van der Waals surface area (Å²) < 4.78 is 6.18. The maximum Gasteiger partial charge on any atom is 0.353 e. The highest BCUT2D eigenvalue weighted by Gasteiger charge is 2.24. The first-order valence-corrected chi connectivity index (χ1v) is 11.3. The minimum absolute atomic E-state index is 0.00888. The average Bonchev–Trinajstić information content (AvgIpc) is 3.19. The van der Waals surface area contributed by atoms with E-state index in [9.17, 15) is 14.9 Å². The van der Waals surface area contributed by atoms with E-state index in [-0.39, 0.29) is 23.2 Å². The van der Waals surface area contributed by atoms with Crippen LogP contribution in [0.5, 0.6) is 0 Å². The van der Waals surface area contributed by atoms with Gasteiger partial charge in [-0.1, -0.05) is 31.3 Å². The molecule has 34 heavy (non-hydrogen) atoms. The predicted molar refractivity (Wildman–Crippen MR) is 131 cm³/mol. The van der Waals surface area contributed by atoms with Crippen LogP contribution >= 0.6 is 11.3 Å². The van der Waals surface area contributed by atoms with Crippen molar-refractivity contribution in [3.05, 3.63) is 70.0 Å². The third-order valence-electron chi connectivity index (χ3n) is 4.71. The Morgan fingerprint density at radius 2 is 1.82 bits per heavy atom. The molecule has 0 saturated heterocycles. The summed E-state index contributed by atoms with van der Waals surface area (Å²) >= 11 is 1.38. The van der Waals surface area contributed by atoms with Crippen molar-refractivity contribution >= 4 is 55.7 Å². The number of aromatic nitrogens is 3. The first kappa shape index (κ1) is 23.1. The third-order valence-corrected chi connectivity index (χ3v) is 5.64. The predicted octanol–water partition coefficient (Wildman–Crippen LogP) is 5.60. The number of esters is 1. The van der Waals surface area contributed by atoms with Gasteiger partial charge < -0.3 is 15.4 Å². The van der Waals surface area contributed by atoms with Crippen molar-refractivity contribution in [1.82, 2.24) is 15.0 Å². The summed E-state index contributed by atoms with van der Waals surface area (Å²) in [6.45, 7) is 6.22. The zero-order valence-electron chi connectivity index (χ0n) is 18.7. The van der Waals surface area contributed by atoms with E-state index >= 15 is 0 Å². The van der Waals surface area contributed by atoms with Gasteiger partial charge in [0.25, 0.3) is 0 Å². The summed E-state index contributed by atoms with van der Waals surface area (Å²) in [6, 6.07) is 12.3. The van der Waals surface area contributed by atoms with Gasteiger partial charge in [-0.2, -0.15) is 0 Å². The van der Waals surface area contributed by atoms with E-state index in [0.29, 0.717) is 23.0 Å². The molecule has 0 radical (unpaired) electrons. The van der Waals surface area contributed by atoms with Gasteiger partial charge in [0.1, 0.15) is 6.33 Å². The summed E-state index contributed by atoms with van der Waals surface area (Å²) in [5.74, 6) is -0.162. The first-order valence-electron chi connectivity index (χ1n) is 10.5. The van der Waals surface area contributed by atoms with Crippen molar-refractivity contribution in [1.29, 1.82) is 0 Å². The number of nitrogens with zero attached hydrogens (tertiary/aromatic N) is 4. The second-order valence-corrected chi connectivity index (χ2v) is 9.02. The number of rotatable bonds is 8. The molecule has 0 bridgehead atoms. The molecular formula is C23H22N6O4S. The summed E-state index contributed by atoms with van der Waals surface area (Å²) in [7, 11) is 0. The summed E-state index contributed by atoms with van der Waals surface area (Å²) in [5, 5.41) is 18.2. The molecule has 0 aliphatic rings. The standard InChI is InChI=1S/C23H22N6O4S/c1-13(2)11-33-22(30)15-5-7-16(8-6-15)26-20-19(29(31)32)21(25-12-24-20)28-23-27-17-9-4-14(3)10-18(17)34-23/h4-10,12-13H,11H2,1-3H3,(H2,24,25,26,27,28). The lowest BCUT2D eigenvalue weighted by atomic mass is 10.2. The Bertz CT molecular complexity index is 1350. The second-order valence-electron chi connectivity index (χ2n) is 7.99. The van der Waals surface area contributed by atoms with Crippen LogP contribution in [0.3, 0.4) is 0 Å². The molecule has 0 saturated carbocycles. The van der Waals surface area contributed by atoms with Crippen LogP contribution in [0.15, 0.2) is 48.8 Å². The molecule has 4 aromatic rings. The molecule has 2 aromatic heterocycles. The highest BCUT2D eigenvalue weighted by molar-refractivity contribution is 7.22. The summed E-state index contributed by atoms with van der Waals surface area (Å²) in [5.41, 5.74) is 2.47. The number of thiazole rings is 1. The van der Waals surface area contributed by atoms with E-state index in [1.807, 2.05) is 39.0 Å². The van der Waals surface area contributed by atoms with E-state index in [4.69, 9.17) is 4.74 Å². The van der Waals surface area contributed by atoms with Crippen LogP contribution in [-0.4, -0.2) is 32.5 Å². The van der Waals surface area contributed by atoms with Crippen molar-refractivity contribution in [3.8, 4) is 0 Å². The van der Waals surface area contributed by atoms with Crippen LogP contribution in [0.25, 0.3) is 10.2 Å². The highest BCUT2D eigenvalue weighted by Crippen LogP contribution is 2.35. The van der Waals surface area contributed by atoms with Gasteiger partial charge in [-0.05, 0) is 54.8 Å². The molecule has 0 spiro atoms. The van der Waals surface area contributed by atoms with E-state index in [1.165, 1.54) is 17.7 Å². The number of benzene rings is 2. The molecule has 0 amide bonds. The van der Waals surface area contributed by atoms with Gasteiger partial charge in [0, 0.05) is 5.69 Å². The van der Waals surface area contributed by atoms with Gasteiger partial charge in [-0.25, -0.2) is 19.7 Å². The smallest absolute Gasteiger partial charge is 0.353 e. The molecule has 2 heterocycles. The van der Waals surface area contributed by atoms with Gasteiger partial charge in [0.05, 0.1) is 27.3 Å². The largest absolute Gasteiger partial charge is 0.462 e. The maximum absolute atomic E-state index is 12.1. The number of ether oxygens (including phenoxy) is 1. The fraction of sp³-hybridized carbons (Fsp3) is 0.217. The Balaban J connectivity index is 1.56. The minimum atomic E-state index is -0.556. The number of anilines is 4. The highest BCUT2D eigenvalue weighted by atomic mass is 32.1. The summed E-state index contributed by atoms with van der Waals surface area (Å²) in [4.78, 5) is 36.0. The zero-order valence-corrected chi connectivity index (χ0v) is 19.5. The van der Waals surface area contributed by atoms with Crippen molar-refractivity contribution < 1.29 is 14.5 Å². The molecule has 0 fully saturated rings. The second kappa shape index (κ2) is 9.79. The van der Waals surface area contributed by atoms with E-state index in [0.717, 1.165) is 15.8 Å². The molecular weight excluding hydrogens is 456 g/mol. The molecule has 4 rings (SSSR count). The van der Waals surface area contributed by atoms with Gasteiger partial charge in [-0.3, -0.25) is 10.1 Å². The lowest BCUT2D eigenvalue weighted by molar-refractivity contribution is -0.383. The quantitative estimate of drug-likeness (QED) is 0.188. The number of hydrogen-bond donors (Lipinski definition) is 2. The minimum Gasteiger partial charge on any atom is -0.462 e. The third kappa shape index (κ3) is 5.26. The number of carbonyl (C=O) groups excluding carboxylic acids is 1. The Hall–Kier alpha value is -4.12. The van der Waals surface area contributed by atoms with Gasteiger partial charge in [0.15, 0.2) is 5.13 Å². The van der Waals surface area contributed by atoms with Crippen LogP contribution in [-0.2, 0) is 4.74 Å². The molecule has 0 unspecified atom stereocenters. The lowest BCUT2D eigenvalue weighted by Gasteiger charge is -2.10. The number of nitro groups is 1. The summed E-state index contributed by atoms with van der Waals surface area (Å²) in [6.07, 6.45) is 1.23. The fourth-order valence-corrected chi connectivity index (χ4v) is 4.04. The van der Waals surface area contributed by atoms with Gasteiger partial charge in [-0.15, -0.1) is 0 Å². The fourth-order valence-electron chi connectivity index (χ4n) is 3.07. The Kier molecular flexibility index (Phi) is 6.64. The Morgan fingerprint density at radius 1 is 1.12 bits per heavy atom. The number of hydrogen-bond acceptors (Lipinski definition) is 10. The topological polar surface area (TPSA) is 132 Å². The number of carbonyl (C=O) groups is 1. The van der Waals surface area contributed by atoms with Crippen LogP contribution < -0.4 is 10.6 Å². The average molecular weight is 479 g/mol. The number of fused-ring (bicyclic) bond motifs is 1. The van der Waals surface area contributed by atoms with Crippen molar-refractivity contribution in [2.45, 2.75) is 20.8 Å². The molecule has 10 nitrogen and oxygen atoms in total. The number of nitrogens with one attached hydrogen (secondary N) is 2. The van der Waals surface area contributed by atoms with Crippen molar-refractivity contribution in [3.63, 3.8) is 0 Å². The van der Waals surface area contributed by atoms with Crippen molar-refractivity contribution in [2.24, 2.45) is 5.92 Å². The molecule has 2 N–H and O–H groups in total. The van der Waals surface area contributed by atoms with Crippen LogP contribution in [0.4, 0.5) is 28.1 Å². The normalized spacial score (nSPS) is 10.9. The van der Waals surface area contributed by atoms with Gasteiger partial charge >= 0.3 is 11.7 Å². The molecule has 0 aliphatic heterocycles. The first-order chi connectivity index (χ1) is 16.3. The maximum atomic E-state index is 12.1. The number of aryl methyl sites for hydroxylation is 1. The van der Waals surface area contributed by atoms with E-state index in [2.05, 4.69) is 25.6 Å². The zero-order chi connectivity index (χ0) is 24.2. The van der Waals surface area contributed by atoms with Crippen LogP contribution in [0, 0.1) is 23.0 Å². The van der Waals surface area contributed by atoms with E-state index < -0.39 is 10.9 Å². The van der Waals surface area contributed by atoms with E-state index in [1.54, 1.807) is 24.3 Å². The molecule has 2 aromatic carbocycles. The SMILES string of the molecule is Cc1ccc2nc(Nc3ncnc(Nc4ccc(C(=O)OCC(C)C)cc4)c3[N+](=O)[O-])sc2c1. The molecule has 0 aliphatic carbocycles. The Labute approximate surface area is 199 Å². The molecule has 0 atom stereocenters. The monoisotopic (exact) mass is 478 g/mol. The van der Waals surface area contributed by atoms with Crippen molar-refractivity contribution in [2.75, 3.05) is 17.2 Å². The lowest BCUT2D eigenvalue weighted by Crippen LogP contribution is -2.10. The molecule has 174 valence electrons. The Morgan fingerprint density at radius 3 is 2.50 bits per heavy atom. The van der Waals surface area contributed by atoms with Crippen LogP contribution in [0.2, 0.25) is 0 Å². The van der Waals surface area contributed by atoms with Crippen LogP contribution in [0.1, 0.15) is 29.8 Å². The molecule has 11 heteroatoms. The van der Waals surface area contributed by atoms with Gasteiger partial charge in [0.2, 0.25) is 11.6 Å².